The quantitative estimate of drug-likeness (QED) is 0.663. The highest BCUT2D eigenvalue weighted by atomic mass is 32.2. The lowest BCUT2D eigenvalue weighted by Crippen LogP contribution is -2.33. The highest BCUT2D eigenvalue weighted by Gasteiger charge is 2.33. The molecule has 8 heteroatoms. The minimum absolute atomic E-state index is 0.00216. The second kappa shape index (κ2) is 8.11. The van der Waals surface area contributed by atoms with Gasteiger partial charge in [-0.2, -0.15) is 0 Å². The summed E-state index contributed by atoms with van der Waals surface area (Å²) in [5, 5.41) is 9.40. The summed E-state index contributed by atoms with van der Waals surface area (Å²) in [4.78, 5) is 16.8. The number of hydrogen-bond donors (Lipinski definition) is 0. The van der Waals surface area contributed by atoms with Gasteiger partial charge in [-0.25, -0.2) is 4.39 Å². The molecule has 4 rings (SSSR count). The first-order chi connectivity index (χ1) is 13.5. The number of rotatable bonds is 7. The molecule has 2 aliphatic rings. The minimum Gasteiger partial charge on any atom is -0.341 e. The van der Waals surface area contributed by atoms with Crippen molar-refractivity contribution in [1.29, 1.82) is 0 Å². The van der Waals surface area contributed by atoms with E-state index >= 15 is 0 Å². The Morgan fingerprint density at radius 3 is 2.75 bits per heavy atom. The largest absolute Gasteiger partial charge is 0.341 e. The molecule has 1 aliphatic carbocycles. The van der Waals surface area contributed by atoms with Crippen LogP contribution in [0.3, 0.4) is 0 Å². The molecule has 1 aromatic heterocycles. The topological polar surface area (TPSA) is 54.3 Å². The molecule has 28 heavy (non-hydrogen) atoms. The first-order valence-electron chi connectivity index (χ1n) is 9.89. The molecule has 0 spiro atoms. The van der Waals surface area contributed by atoms with Crippen LogP contribution in [0.5, 0.6) is 0 Å². The number of halogens is 1. The van der Waals surface area contributed by atoms with Crippen LogP contribution in [0.25, 0.3) is 0 Å². The van der Waals surface area contributed by atoms with Gasteiger partial charge in [0.25, 0.3) is 0 Å². The second-order valence-corrected chi connectivity index (χ2v) is 8.97. The number of nitrogens with zero attached hydrogens (tertiary/aromatic N) is 5. The highest BCUT2D eigenvalue weighted by molar-refractivity contribution is 8.00. The van der Waals surface area contributed by atoms with Crippen molar-refractivity contribution in [2.75, 3.05) is 25.0 Å². The van der Waals surface area contributed by atoms with Crippen LogP contribution < -0.4 is 4.90 Å². The summed E-state index contributed by atoms with van der Waals surface area (Å²) >= 11 is 1.47. The second-order valence-electron chi connectivity index (χ2n) is 7.66. The molecule has 1 aliphatic heterocycles. The first-order valence-corrected chi connectivity index (χ1v) is 10.8. The molecule has 1 unspecified atom stereocenters. The number of carbonyl (C=O) groups excluding carboxylic acids is 1. The smallest absolute Gasteiger partial charge is 0.235 e. The van der Waals surface area contributed by atoms with Gasteiger partial charge < -0.3 is 9.80 Å². The zero-order valence-corrected chi connectivity index (χ0v) is 17.2. The summed E-state index contributed by atoms with van der Waals surface area (Å²) in [7, 11) is 1.76. The van der Waals surface area contributed by atoms with Gasteiger partial charge in [0.1, 0.15) is 5.82 Å². The molecule has 2 aromatic rings. The van der Waals surface area contributed by atoms with E-state index in [0.29, 0.717) is 12.6 Å². The molecule has 1 saturated carbocycles. The number of carbonyl (C=O) groups is 1. The van der Waals surface area contributed by atoms with Crippen molar-refractivity contribution in [2.24, 2.45) is 0 Å². The molecule has 150 valence electrons. The summed E-state index contributed by atoms with van der Waals surface area (Å²) in [6.07, 6.45) is 4.68. The van der Waals surface area contributed by atoms with Gasteiger partial charge >= 0.3 is 0 Å². The molecule has 1 saturated heterocycles. The Morgan fingerprint density at radius 2 is 2.07 bits per heavy atom. The van der Waals surface area contributed by atoms with E-state index in [4.69, 9.17) is 0 Å². The SMILES string of the molecule is CC(Sc1nnc(N2CCCC2)n1C1CC1)C(=O)N(C)Cc1cccc(F)c1. The van der Waals surface area contributed by atoms with E-state index < -0.39 is 0 Å². The summed E-state index contributed by atoms with van der Waals surface area (Å²) in [5.74, 6) is 0.672. The van der Waals surface area contributed by atoms with Gasteiger partial charge in [-0.15, -0.1) is 10.2 Å². The predicted octanol–water partition coefficient (Wildman–Crippen LogP) is 3.49. The van der Waals surface area contributed by atoms with Crippen molar-refractivity contribution < 1.29 is 9.18 Å². The van der Waals surface area contributed by atoms with Crippen molar-refractivity contribution in [1.82, 2.24) is 19.7 Å². The van der Waals surface area contributed by atoms with E-state index in [1.807, 2.05) is 13.0 Å². The first kappa shape index (κ1) is 19.2. The normalized spacial score (nSPS) is 17.8. The van der Waals surface area contributed by atoms with E-state index in [-0.39, 0.29) is 17.0 Å². The van der Waals surface area contributed by atoms with Gasteiger partial charge in [0.2, 0.25) is 11.9 Å². The van der Waals surface area contributed by atoms with E-state index in [9.17, 15) is 9.18 Å². The van der Waals surface area contributed by atoms with E-state index in [1.165, 1.54) is 36.7 Å². The zero-order valence-electron chi connectivity index (χ0n) is 16.3. The van der Waals surface area contributed by atoms with Crippen LogP contribution in [0.1, 0.15) is 44.2 Å². The lowest BCUT2D eigenvalue weighted by atomic mass is 10.2. The molecular formula is C20H26FN5OS. The Kier molecular flexibility index (Phi) is 5.57. The zero-order chi connectivity index (χ0) is 19.7. The predicted molar refractivity (Wildman–Crippen MR) is 108 cm³/mol. The van der Waals surface area contributed by atoms with Crippen LogP contribution in [0, 0.1) is 5.82 Å². The molecule has 0 radical (unpaired) electrons. The molecule has 2 fully saturated rings. The molecule has 1 aromatic carbocycles. The van der Waals surface area contributed by atoms with Gasteiger partial charge in [-0.3, -0.25) is 9.36 Å². The standard InChI is InChI=1S/C20H26FN5OS/c1-14(18(27)24(2)13-15-6-5-7-16(21)12-15)28-20-23-22-19(25-10-3-4-11-25)26(20)17-8-9-17/h5-7,12,14,17H,3-4,8-11,13H2,1-2H3. The number of benzene rings is 1. The van der Waals surface area contributed by atoms with Gasteiger partial charge in [0, 0.05) is 32.7 Å². The van der Waals surface area contributed by atoms with Gasteiger partial charge in [0.05, 0.1) is 5.25 Å². The van der Waals surface area contributed by atoms with Crippen LogP contribution in [0.2, 0.25) is 0 Å². The molecule has 2 heterocycles. The Morgan fingerprint density at radius 1 is 1.32 bits per heavy atom. The molecular weight excluding hydrogens is 377 g/mol. The summed E-state index contributed by atoms with van der Waals surface area (Å²) in [5.41, 5.74) is 0.783. The monoisotopic (exact) mass is 403 g/mol. The minimum atomic E-state index is -0.285. The fourth-order valence-electron chi connectivity index (χ4n) is 3.64. The third-order valence-corrected chi connectivity index (χ3v) is 6.31. The van der Waals surface area contributed by atoms with Crippen LogP contribution in [-0.2, 0) is 11.3 Å². The molecule has 0 bridgehead atoms. The number of amides is 1. The van der Waals surface area contributed by atoms with E-state index in [0.717, 1.165) is 42.6 Å². The average molecular weight is 404 g/mol. The Hall–Kier alpha value is -2.09. The summed E-state index contributed by atoms with van der Waals surface area (Å²) in [6, 6.07) is 6.83. The molecule has 1 amide bonds. The van der Waals surface area contributed by atoms with Crippen molar-refractivity contribution in [3.8, 4) is 0 Å². The van der Waals surface area contributed by atoms with Crippen LogP contribution >= 0.6 is 11.8 Å². The van der Waals surface area contributed by atoms with Crippen LogP contribution in [0.15, 0.2) is 29.4 Å². The van der Waals surface area contributed by atoms with Gasteiger partial charge in [-0.1, -0.05) is 23.9 Å². The van der Waals surface area contributed by atoms with Crippen molar-refractivity contribution in [3.63, 3.8) is 0 Å². The van der Waals surface area contributed by atoms with E-state index in [1.54, 1.807) is 18.0 Å². The Bertz CT molecular complexity index is 847. The van der Waals surface area contributed by atoms with Gasteiger partial charge in [-0.05, 0) is 50.3 Å². The third-order valence-electron chi connectivity index (χ3n) is 5.26. The molecule has 0 N–H and O–H groups in total. The van der Waals surface area contributed by atoms with Crippen molar-refractivity contribution in [3.05, 3.63) is 35.6 Å². The maximum Gasteiger partial charge on any atom is 0.235 e. The number of aromatic nitrogens is 3. The third kappa shape index (κ3) is 4.16. The fraction of sp³-hybridized carbons (Fsp3) is 0.550. The van der Waals surface area contributed by atoms with Crippen molar-refractivity contribution >= 4 is 23.6 Å². The fourth-order valence-corrected chi connectivity index (χ4v) is 4.67. The average Bonchev–Trinajstić information content (AvgIpc) is 3.19. The lowest BCUT2D eigenvalue weighted by molar-refractivity contribution is -0.129. The van der Waals surface area contributed by atoms with E-state index in [2.05, 4.69) is 19.7 Å². The highest BCUT2D eigenvalue weighted by Crippen LogP contribution is 2.42. The number of anilines is 1. The number of hydrogen-bond acceptors (Lipinski definition) is 5. The maximum absolute atomic E-state index is 13.4. The summed E-state index contributed by atoms with van der Waals surface area (Å²) < 4.78 is 15.6. The Balaban J connectivity index is 1.44. The Labute approximate surface area is 169 Å². The lowest BCUT2D eigenvalue weighted by Gasteiger charge is -2.22. The van der Waals surface area contributed by atoms with Gasteiger partial charge in [0.15, 0.2) is 5.16 Å². The summed E-state index contributed by atoms with van der Waals surface area (Å²) in [6.45, 7) is 4.34. The van der Waals surface area contributed by atoms with Crippen LogP contribution in [-0.4, -0.2) is 51.0 Å². The molecule has 6 nitrogen and oxygen atoms in total. The number of thioether (sulfide) groups is 1. The maximum atomic E-state index is 13.4. The molecule has 1 atom stereocenters. The van der Waals surface area contributed by atoms with Crippen molar-refractivity contribution in [2.45, 2.75) is 55.6 Å². The van der Waals surface area contributed by atoms with Crippen LogP contribution in [0.4, 0.5) is 10.3 Å².